The third-order valence-corrected chi connectivity index (χ3v) is 4.61. The molecule has 0 aliphatic carbocycles. The minimum absolute atomic E-state index is 0.0560. The molecule has 2 N–H and O–H groups in total. The van der Waals surface area contributed by atoms with Gasteiger partial charge in [0.2, 0.25) is 0 Å². The predicted octanol–water partition coefficient (Wildman–Crippen LogP) is 4.36. The average molecular weight is 369 g/mol. The van der Waals surface area contributed by atoms with Gasteiger partial charge in [-0.15, -0.1) is 0 Å². The van der Waals surface area contributed by atoms with Crippen LogP contribution in [0.3, 0.4) is 0 Å². The molecule has 1 atom stereocenters. The quantitative estimate of drug-likeness (QED) is 0.623. The minimum atomic E-state index is -5.00. The summed E-state index contributed by atoms with van der Waals surface area (Å²) in [5.74, 6) is -1.40. The van der Waals surface area contributed by atoms with Crippen LogP contribution in [0.5, 0.6) is 0 Å². The van der Waals surface area contributed by atoms with Crippen molar-refractivity contribution in [2.24, 2.45) is 5.73 Å². The van der Waals surface area contributed by atoms with Crippen LogP contribution < -0.4 is 5.73 Å². The van der Waals surface area contributed by atoms with Gasteiger partial charge >= 0.3 is 19.5 Å². The van der Waals surface area contributed by atoms with Crippen LogP contribution in [-0.2, 0) is 21.7 Å². The SMILES string of the molecule is CC1(C)OB([C@@H](N)c2ccc(C(F)(F)F)cc2C(F)(F)F)OC1(C)C. The zero-order chi connectivity index (χ0) is 19.4. The Hall–Kier alpha value is -1.26. The molecule has 0 saturated carbocycles. The molecule has 0 bridgehead atoms. The predicted molar refractivity (Wildman–Crippen MR) is 79.5 cm³/mol. The second kappa shape index (κ2) is 5.89. The normalized spacial score (nSPS) is 21.5. The van der Waals surface area contributed by atoms with Crippen LogP contribution in [0.2, 0.25) is 0 Å². The van der Waals surface area contributed by atoms with Gasteiger partial charge in [0.15, 0.2) is 0 Å². The van der Waals surface area contributed by atoms with E-state index in [9.17, 15) is 26.3 Å². The molecule has 10 heteroatoms. The van der Waals surface area contributed by atoms with E-state index < -0.39 is 53.3 Å². The van der Waals surface area contributed by atoms with E-state index in [1.54, 1.807) is 27.7 Å². The van der Waals surface area contributed by atoms with Crippen LogP contribution in [-0.4, -0.2) is 18.3 Å². The summed E-state index contributed by atoms with van der Waals surface area (Å²) in [6.07, 6.45) is -9.90. The molecule has 1 aliphatic heterocycles. The summed E-state index contributed by atoms with van der Waals surface area (Å²) in [6.45, 7) is 6.77. The lowest BCUT2D eigenvalue weighted by atomic mass is 9.73. The highest BCUT2D eigenvalue weighted by Gasteiger charge is 2.54. The highest BCUT2D eigenvalue weighted by Crippen LogP contribution is 2.43. The number of hydrogen-bond acceptors (Lipinski definition) is 3. The van der Waals surface area contributed by atoms with E-state index in [0.717, 1.165) is 6.07 Å². The van der Waals surface area contributed by atoms with Gasteiger partial charge in [-0.3, -0.25) is 0 Å². The van der Waals surface area contributed by atoms with E-state index in [-0.39, 0.29) is 6.07 Å². The maximum absolute atomic E-state index is 13.3. The maximum atomic E-state index is 13.3. The third-order valence-electron chi connectivity index (χ3n) is 4.61. The summed E-state index contributed by atoms with van der Waals surface area (Å²) in [4.78, 5) is 0. The number of nitrogens with two attached hydrogens (primary N) is 1. The van der Waals surface area contributed by atoms with Gasteiger partial charge < -0.3 is 15.0 Å². The van der Waals surface area contributed by atoms with Crippen LogP contribution in [0, 0.1) is 0 Å². The molecule has 1 aromatic rings. The van der Waals surface area contributed by atoms with Gasteiger partial charge in [-0.05, 0) is 45.4 Å². The third kappa shape index (κ3) is 3.80. The zero-order valence-electron chi connectivity index (χ0n) is 14.0. The molecule has 1 saturated heterocycles. The van der Waals surface area contributed by atoms with Crippen molar-refractivity contribution in [3.63, 3.8) is 0 Å². The lowest BCUT2D eigenvalue weighted by Crippen LogP contribution is -2.41. The maximum Gasteiger partial charge on any atom is 0.480 e. The molecular formula is C15H18BF6NO2. The van der Waals surface area contributed by atoms with Crippen LogP contribution in [0.15, 0.2) is 18.2 Å². The van der Waals surface area contributed by atoms with Crippen LogP contribution in [0.25, 0.3) is 0 Å². The first-order chi connectivity index (χ1) is 11.1. The highest BCUT2D eigenvalue weighted by molar-refractivity contribution is 6.47. The van der Waals surface area contributed by atoms with Crippen molar-refractivity contribution >= 4 is 7.12 Å². The largest absolute Gasteiger partial charge is 0.480 e. The first-order valence-corrected chi connectivity index (χ1v) is 7.46. The second-order valence-electron chi connectivity index (χ2n) is 6.95. The summed E-state index contributed by atoms with van der Waals surface area (Å²) in [5.41, 5.74) is 0.833. The van der Waals surface area contributed by atoms with Gasteiger partial charge in [-0.2, -0.15) is 26.3 Å². The van der Waals surface area contributed by atoms with Crippen LogP contribution in [0.4, 0.5) is 26.3 Å². The van der Waals surface area contributed by atoms with Gasteiger partial charge in [0.1, 0.15) is 0 Å². The fraction of sp³-hybridized carbons (Fsp3) is 0.600. The topological polar surface area (TPSA) is 44.5 Å². The Bertz CT molecular complexity index is 640. The van der Waals surface area contributed by atoms with Gasteiger partial charge in [0.25, 0.3) is 0 Å². The standard InChI is InChI=1S/C15H18BF6NO2/c1-12(2)13(3,4)25-16(24-12)11(23)9-6-5-8(14(17,18)19)7-10(9)15(20,21)22/h5-7,11H,23H2,1-4H3/t11-/m0/s1. The van der Waals surface area contributed by atoms with Crippen molar-refractivity contribution in [3.8, 4) is 0 Å². The smallest absolute Gasteiger partial charge is 0.402 e. The van der Waals surface area contributed by atoms with Crippen molar-refractivity contribution in [2.45, 2.75) is 57.2 Å². The summed E-state index contributed by atoms with van der Waals surface area (Å²) in [5, 5.41) is 0. The lowest BCUT2D eigenvalue weighted by Gasteiger charge is -2.32. The molecule has 3 nitrogen and oxygen atoms in total. The summed E-state index contributed by atoms with van der Waals surface area (Å²) >= 11 is 0. The number of rotatable bonds is 2. The number of halogens is 6. The van der Waals surface area contributed by atoms with E-state index in [4.69, 9.17) is 15.0 Å². The second-order valence-corrected chi connectivity index (χ2v) is 6.95. The van der Waals surface area contributed by atoms with Crippen molar-refractivity contribution < 1.29 is 35.7 Å². The van der Waals surface area contributed by atoms with E-state index in [1.807, 2.05) is 0 Å². The Morgan fingerprint density at radius 3 is 1.80 bits per heavy atom. The van der Waals surface area contributed by atoms with Crippen LogP contribution >= 0.6 is 0 Å². The van der Waals surface area contributed by atoms with E-state index >= 15 is 0 Å². The zero-order valence-corrected chi connectivity index (χ0v) is 14.0. The molecule has 140 valence electrons. The average Bonchev–Trinajstić information content (AvgIpc) is 2.64. The molecule has 25 heavy (non-hydrogen) atoms. The number of hydrogen-bond donors (Lipinski definition) is 1. The Kier molecular flexibility index (Phi) is 4.72. The van der Waals surface area contributed by atoms with Gasteiger partial charge in [0.05, 0.1) is 28.3 Å². The molecule has 0 amide bonds. The van der Waals surface area contributed by atoms with Gasteiger partial charge in [0, 0.05) is 0 Å². The van der Waals surface area contributed by atoms with E-state index in [1.165, 1.54) is 0 Å². The highest BCUT2D eigenvalue weighted by atomic mass is 19.4. The molecule has 2 rings (SSSR count). The molecule has 0 radical (unpaired) electrons. The van der Waals surface area contributed by atoms with Crippen molar-refractivity contribution in [2.75, 3.05) is 0 Å². The molecule has 0 spiro atoms. The Morgan fingerprint density at radius 2 is 1.40 bits per heavy atom. The minimum Gasteiger partial charge on any atom is -0.402 e. The van der Waals surface area contributed by atoms with Gasteiger partial charge in [-0.1, -0.05) is 6.07 Å². The number of alkyl halides is 6. The Labute approximate surface area is 141 Å². The molecule has 0 aromatic heterocycles. The molecule has 1 fully saturated rings. The van der Waals surface area contributed by atoms with Crippen molar-refractivity contribution in [1.29, 1.82) is 0 Å². The fourth-order valence-electron chi connectivity index (χ4n) is 2.45. The van der Waals surface area contributed by atoms with Gasteiger partial charge in [-0.25, -0.2) is 0 Å². The molecule has 0 unspecified atom stereocenters. The van der Waals surface area contributed by atoms with E-state index in [2.05, 4.69) is 0 Å². The van der Waals surface area contributed by atoms with E-state index in [0.29, 0.717) is 6.07 Å². The monoisotopic (exact) mass is 369 g/mol. The van der Waals surface area contributed by atoms with Crippen LogP contribution in [0.1, 0.15) is 50.3 Å². The first-order valence-electron chi connectivity index (χ1n) is 7.46. The molecular weight excluding hydrogens is 351 g/mol. The Balaban J connectivity index is 2.45. The summed E-state index contributed by atoms with van der Waals surface area (Å²) < 4.78 is 89.2. The summed E-state index contributed by atoms with van der Waals surface area (Å²) in [7, 11) is -1.22. The lowest BCUT2D eigenvalue weighted by molar-refractivity contribution is -0.143. The Morgan fingerprint density at radius 1 is 0.920 bits per heavy atom. The molecule has 1 aliphatic rings. The fourth-order valence-corrected chi connectivity index (χ4v) is 2.45. The molecule has 1 heterocycles. The number of benzene rings is 1. The summed E-state index contributed by atoms with van der Waals surface area (Å²) in [6, 6.07) is 1.34. The molecule has 1 aromatic carbocycles. The van der Waals surface area contributed by atoms with Crippen molar-refractivity contribution in [3.05, 3.63) is 34.9 Å². The van der Waals surface area contributed by atoms with Crippen molar-refractivity contribution in [1.82, 2.24) is 0 Å². The first kappa shape index (κ1) is 20.1.